The predicted molar refractivity (Wildman–Crippen MR) is 336 cm³/mol. The minimum absolute atomic E-state index is 0. The van der Waals surface area contributed by atoms with Crippen molar-refractivity contribution in [2.24, 2.45) is 0 Å². The maximum absolute atomic E-state index is 10.3. The summed E-state index contributed by atoms with van der Waals surface area (Å²) in [5, 5.41) is 41.0. The fourth-order valence-electron chi connectivity index (χ4n) is 11.8. The van der Waals surface area contributed by atoms with Crippen molar-refractivity contribution < 1.29 is 84.8 Å². The number of carbonyl (C=O) groups is 4. The number of ether oxygens (including phenoxy) is 4. The van der Waals surface area contributed by atoms with Crippen molar-refractivity contribution in [3.8, 4) is 0 Å². The second kappa shape index (κ2) is 61.5. The van der Waals surface area contributed by atoms with E-state index in [0.29, 0.717) is 48.8 Å². The maximum atomic E-state index is 10.3. The smallest absolute Gasteiger partial charge is 0.550 e. The number of carboxylic acid groups (broad SMARTS) is 4. The molecule has 4 rings (SSSR count). The van der Waals surface area contributed by atoms with Crippen LogP contribution in [0.3, 0.4) is 0 Å². The predicted octanol–water partition coefficient (Wildman–Crippen LogP) is 15.9. The molecular weight excluding hydrogens is 1150 g/mol. The Hall–Kier alpha value is -1.40. The monoisotopic (exact) mass is 1280 g/mol. The fourth-order valence-corrected chi connectivity index (χ4v) is 11.8. The van der Waals surface area contributed by atoms with Crippen LogP contribution in [0.4, 0.5) is 0 Å². The van der Waals surface area contributed by atoms with Gasteiger partial charge in [0.2, 0.25) is 0 Å². The number of carboxylic acids is 4. The summed E-state index contributed by atoms with van der Waals surface area (Å²) in [5.74, 6) is -3.67. The molecule has 0 bridgehead atoms. The van der Waals surface area contributed by atoms with Gasteiger partial charge in [0.1, 0.15) is 0 Å². The summed E-state index contributed by atoms with van der Waals surface area (Å²) in [4.78, 5) is 41.0. The van der Waals surface area contributed by atoms with Gasteiger partial charge in [-0.3, -0.25) is 0 Å². The standard InChI is InChI=1S/4C18H34O3.Zr/c4*1-2-3-4-5-7-10-13-16-17(21-16)14-11-8-6-9-12-15-18(19)20;/h4*16-17H,2-15H2,1H3,(H,19,20);/q;;;;+4/p-4. The van der Waals surface area contributed by atoms with Crippen molar-refractivity contribution >= 4 is 23.9 Å². The van der Waals surface area contributed by atoms with E-state index in [0.717, 1.165) is 77.0 Å². The first kappa shape index (κ1) is 83.6. The van der Waals surface area contributed by atoms with Crippen molar-refractivity contribution in [3.05, 3.63) is 0 Å². The molecule has 13 heteroatoms. The van der Waals surface area contributed by atoms with Crippen LogP contribution in [-0.2, 0) is 64.3 Å². The quantitative estimate of drug-likeness (QED) is 0.0411. The minimum Gasteiger partial charge on any atom is -0.550 e. The molecule has 0 saturated carbocycles. The van der Waals surface area contributed by atoms with Crippen LogP contribution in [-0.4, -0.2) is 72.7 Å². The average molecular weight is 1280 g/mol. The van der Waals surface area contributed by atoms with Gasteiger partial charge in [0.05, 0.1) is 48.8 Å². The maximum Gasteiger partial charge on any atom is 4.00 e. The Labute approximate surface area is 541 Å². The molecule has 0 N–H and O–H groups in total. The van der Waals surface area contributed by atoms with Gasteiger partial charge >= 0.3 is 26.2 Å². The van der Waals surface area contributed by atoms with E-state index in [1.807, 2.05) is 0 Å². The van der Waals surface area contributed by atoms with Gasteiger partial charge in [-0.15, -0.1) is 0 Å². The first-order chi connectivity index (χ1) is 40.9. The van der Waals surface area contributed by atoms with E-state index in [1.54, 1.807) is 0 Å². The Morgan fingerprint density at radius 1 is 0.212 bits per heavy atom. The molecule has 4 fully saturated rings. The number of rotatable bonds is 60. The average Bonchev–Trinajstić information content (AvgIpc) is 4.44. The molecule has 8 atom stereocenters. The first-order valence-electron chi connectivity index (χ1n) is 36.4. The van der Waals surface area contributed by atoms with Crippen LogP contribution in [0.2, 0.25) is 0 Å². The third-order valence-electron chi connectivity index (χ3n) is 17.6. The Bertz CT molecular complexity index is 1280. The first-order valence-corrected chi connectivity index (χ1v) is 36.4. The molecule has 4 heterocycles. The zero-order valence-corrected chi connectivity index (χ0v) is 58.1. The Morgan fingerprint density at radius 2 is 0.329 bits per heavy atom. The van der Waals surface area contributed by atoms with Crippen molar-refractivity contribution in [1.82, 2.24) is 0 Å². The van der Waals surface area contributed by atoms with Crippen molar-refractivity contribution in [1.29, 1.82) is 0 Å². The topological polar surface area (TPSA) is 211 Å². The molecule has 496 valence electrons. The van der Waals surface area contributed by atoms with Gasteiger partial charge < -0.3 is 58.6 Å². The SMILES string of the molecule is CCCCCCCCC1OC1CCCCCCCC(=O)[O-].CCCCCCCCC1OC1CCCCCCCC(=O)[O-].CCCCCCCCC1OC1CCCCCCCC(=O)[O-].CCCCCCCCC1OC1CCCCCCCC(=O)[O-].[Zr+4]. The van der Waals surface area contributed by atoms with Crippen molar-refractivity contribution in [2.45, 2.75) is 436 Å². The van der Waals surface area contributed by atoms with Crippen LogP contribution in [0, 0.1) is 0 Å². The van der Waals surface area contributed by atoms with Gasteiger partial charge in [-0.25, -0.2) is 0 Å². The summed E-state index contributed by atoms with van der Waals surface area (Å²) in [7, 11) is 0. The summed E-state index contributed by atoms with van der Waals surface area (Å²) in [6, 6.07) is 0. The summed E-state index contributed by atoms with van der Waals surface area (Å²) >= 11 is 0. The van der Waals surface area contributed by atoms with Crippen LogP contribution >= 0.6 is 0 Å². The van der Waals surface area contributed by atoms with E-state index in [4.69, 9.17) is 18.9 Å². The molecule has 8 unspecified atom stereocenters. The van der Waals surface area contributed by atoms with Gasteiger partial charge in [0, 0.05) is 23.9 Å². The number of aliphatic carboxylic acids is 4. The zero-order valence-electron chi connectivity index (χ0n) is 55.6. The normalized spacial score (nSPS) is 20.4. The molecule has 85 heavy (non-hydrogen) atoms. The Kier molecular flexibility index (Phi) is 60.5. The number of hydrogen-bond donors (Lipinski definition) is 0. The van der Waals surface area contributed by atoms with E-state index < -0.39 is 23.9 Å². The fraction of sp³-hybridized carbons (Fsp3) is 0.944. The molecule has 0 aromatic carbocycles. The van der Waals surface area contributed by atoms with Crippen molar-refractivity contribution in [2.75, 3.05) is 0 Å². The molecule has 0 aromatic rings. The van der Waals surface area contributed by atoms with E-state index in [2.05, 4.69) is 27.7 Å². The third kappa shape index (κ3) is 60.0. The largest absolute Gasteiger partial charge is 4.00 e. The Morgan fingerprint density at radius 3 is 0.459 bits per heavy atom. The number of carbonyl (C=O) groups excluding carboxylic acids is 4. The second-order valence-electron chi connectivity index (χ2n) is 25.8. The molecular formula is C72H132O12Zr. The van der Waals surface area contributed by atoms with Crippen LogP contribution in [0.25, 0.3) is 0 Å². The summed E-state index contributed by atoms with van der Waals surface area (Å²) < 4.78 is 22.9. The molecule has 0 amide bonds. The molecule has 4 saturated heterocycles. The van der Waals surface area contributed by atoms with E-state index >= 15 is 0 Å². The van der Waals surface area contributed by atoms with Gasteiger partial charge in [-0.1, -0.05) is 285 Å². The van der Waals surface area contributed by atoms with Gasteiger partial charge in [0.25, 0.3) is 0 Å². The second-order valence-corrected chi connectivity index (χ2v) is 25.8. The summed E-state index contributed by atoms with van der Waals surface area (Å²) in [6.07, 6.45) is 69.1. The molecule has 0 aromatic heterocycles. The number of epoxide rings is 4. The van der Waals surface area contributed by atoms with Gasteiger partial charge in [-0.2, -0.15) is 0 Å². The van der Waals surface area contributed by atoms with E-state index in [-0.39, 0.29) is 51.9 Å². The number of hydrogen-bond acceptors (Lipinski definition) is 12. The van der Waals surface area contributed by atoms with Gasteiger partial charge in [0.15, 0.2) is 0 Å². The van der Waals surface area contributed by atoms with Crippen LogP contribution in [0.5, 0.6) is 0 Å². The zero-order chi connectivity index (χ0) is 61.4. The third-order valence-corrected chi connectivity index (χ3v) is 17.6. The molecule has 4 aliphatic heterocycles. The molecule has 0 radical (unpaired) electrons. The minimum atomic E-state index is -0.918. The van der Waals surface area contributed by atoms with E-state index in [9.17, 15) is 39.6 Å². The van der Waals surface area contributed by atoms with Crippen LogP contribution < -0.4 is 20.4 Å². The number of unbranched alkanes of at least 4 members (excludes halogenated alkanes) is 36. The molecule has 0 aliphatic carbocycles. The molecule has 12 nitrogen and oxygen atoms in total. The Balaban J connectivity index is 0.00000110. The van der Waals surface area contributed by atoms with Crippen LogP contribution in [0.1, 0.15) is 387 Å². The van der Waals surface area contributed by atoms with E-state index in [1.165, 1.54) is 257 Å². The van der Waals surface area contributed by atoms with Crippen LogP contribution in [0.15, 0.2) is 0 Å². The molecule has 0 spiro atoms. The van der Waals surface area contributed by atoms with Gasteiger partial charge in [-0.05, 0) is 103 Å². The summed E-state index contributed by atoms with van der Waals surface area (Å²) in [6.45, 7) is 9.02. The molecule has 4 aliphatic rings. The van der Waals surface area contributed by atoms with Crippen molar-refractivity contribution in [3.63, 3.8) is 0 Å². The summed E-state index contributed by atoms with van der Waals surface area (Å²) in [5.41, 5.74) is 0.